The van der Waals surface area contributed by atoms with E-state index in [4.69, 9.17) is 4.74 Å². The zero-order valence-electron chi connectivity index (χ0n) is 12.1. The quantitative estimate of drug-likeness (QED) is 0.878. The van der Waals surface area contributed by atoms with Gasteiger partial charge in [0.15, 0.2) is 6.10 Å². The Morgan fingerprint density at radius 3 is 2.04 bits per heavy atom. The fourth-order valence-electron chi connectivity index (χ4n) is 1.73. The Hall–Kier alpha value is -2.70. The second-order valence-corrected chi connectivity index (χ2v) is 4.61. The highest BCUT2D eigenvalue weighted by atomic mass is 19.3. The van der Waals surface area contributed by atoms with Crippen LogP contribution in [0.15, 0.2) is 48.5 Å². The topological polar surface area (TPSA) is 47.6 Å². The molecule has 1 atom stereocenters. The third-order valence-electron chi connectivity index (χ3n) is 2.84. The molecule has 0 saturated heterocycles. The van der Waals surface area contributed by atoms with Gasteiger partial charge in [-0.2, -0.15) is 8.78 Å². The minimum absolute atomic E-state index is 0.00592. The number of halogens is 3. The Kier molecular flexibility index (Phi) is 5.46. The SMILES string of the molecule is C[C@@H](Oc1ccc(F)cc1)C(=O)Nc1ccc(OC(F)F)cc1. The van der Waals surface area contributed by atoms with Crippen molar-refractivity contribution in [2.75, 3.05) is 5.32 Å². The van der Waals surface area contributed by atoms with E-state index in [-0.39, 0.29) is 5.75 Å². The van der Waals surface area contributed by atoms with Gasteiger partial charge in [0.2, 0.25) is 0 Å². The number of rotatable bonds is 6. The lowest BCUT2D eigenvalue weighted by molar-refractivity contribution is -0.122. The van der Waals surface area contributed by atoms with Gasteiger partial charge in [0.05, 0.1) is 0 Å². The fraction of sp³-hybridized carbons (Fsp3) is 0.188. The molecule has 0 aliphatic heterocycles. The maximum absolute atomic E-state index is 12.8. The molecule has 0 spiro atoms. The summed E-state index contributed by atoms with van der Waals surface area (Å²) in [5.41, 5.74) is 0.408. The summed E-state index contributed by atoms with van der Waals surface area (Å²) >= 11 is 0. The summed E-state index contributed by atoms with van der Waals surface area (Å²) in [7, 11) is 0. The molecule has 0 saturated carbocycles. The van der Waals surface area contributed by atoms with E-state index in [1.54, 1.807) is 0 Å². The Balaban J connectivity index is 1.91. The van der Waals surface area contributed by atoms with E-state index in [2.05, 4.69) is 10.1 Å². The third-order valence-corrected chi connectivity index (χ3v) is 2.84. The van der Waals surface area contributed by atoms with Gasteiger partial charge in [0, 0.05) is 5.69 Å². The van der Waals surface area contributed by atoms with Crippen LogP contribution in [0.3, 0.4) is 0 Å². The number of alkyl halides is 2. The fourth-order valence-corrected chi connectivity index (χ4v) is 1.73. The van der Waals surface area contributed by atoms with Crippen LogP contribution in [0.25, 0.3) is 0 Å². The van der Waals surface area contributed by atoms with E-state index in [0.717, 1.165) is 0 Å². The lowest BCUT2D eigenvalue weighted by atomic mass is 10.2. The Morgan fingerprint density at radius 2 is 1.48 bits per heavy atom. The lowest BCUT2D eigenvalue weighted by Crippen LogP contribution is -2.30. The number of carbonyl (C=O) groups excluding carboxylic acids is 1. The first kappa shape index (κ1) is 16.7. The van der Waals surface area contributed by atoms with Gasteiger partial charge < -0.3 is 14.8 Å². The molecule has 0 aliphatic rings. The van der Waals surface area contributed by atoms with Crippen molar-refractivity contribution in [3.8, 4) is 11.5 Å². The molecular formula is C16H14F3NO3. The van der Waals surface area contributed by atoms with Crippen molar-refractivity contribution >= 4 is 11.6 Å². The number of nitrogens with one attached hydrogen (secondary N) is 1. The van der Waals surface area contributed by atoms with E-state index in [1.165, 1.54) is 55.5 Å². The molecule has 1 amide bonds. The van der Waals surface area contributed by atoms with E-state index in [0.29, 0.717) is 11.4 Å². The molecule has 2 rings (SSSR count). The highest BCUT2D eigenvalue weighted by Crippen LogP contribution is 2.18. The molecule has 0 bridgehead atoms. The van der Waals surface area contributed by atoms with E-state index < -0.39 is 24.4 Å². The molecule has 0 radical (unpaired) electrons. The van der Waals surface area contributed by atoms with Crippen molar-refractivity contribution in [1.29, 1.82) is 0 Å². The largest absolute Gasteiger partial charge is 0.481 e. The maximum Gasteiger partial charge on any atom is 0.387 e. The standard InChI is InChI=1S/C16H14F3NO3/c1-10(22-13-6-2-11(17)3-7-13)15(21)20-12-4-8-14(9-5-12)23-16(18)19/h2-10,16H,1H3,(H,20,21)/t10-/m1/s1. The van der Waals surface area contributed by atoms with Gasteiger partial charge >= 0.3 is 6.61 Å². The number of hydrogen-bond acceptors (Lipinski definition) is 3. The zero-order valence-corrected chi connectivity index (χ0v) is 12.1. The Labute approximate surface area is 130 Å². The first-order chi connectivity index (χ1) is 10.9. The summed E-state index contributed by atoms with van der Waals surface area (Å²) in [5, 5.41) is 2.57. The van der Waals surface area contributed by atoms with E-state index in [1.807, 2.05) is 0 Å². The first-order valence-electron chi connectivity index (χ1n) is 6.72. The third kappa shape index (κ3) is 5.21. The minimum atomic E-state index is -2.90. The molecule has 1 N–H and O–H groups in total. The van der Waals surface area contributed by atoms with Crippen molar-refractivity contribution in [2.24, 2.45) is 0 Å². The van der Waals surface area contributed by atoms with Crippen LogP contribution >= 0.6 is 0 Å². The number of benzene rings is 2. The van der Waals surface area contributed by atoms with Crippen LogP contribution in [0.2, 0.25) is 0 Å². The minimum Gasteiger partial charge on any atom is -0.481 e. The van der Waals surface area contributed by atoms with Crippen molar-refractivity contribution in [1.82, 2.24) is 0 Å². The van der Waals surface area contributed by atoms with Gasteiger partial charge in [-0.1, -0.05) is 0 Å². The van der Waals surface area contributed by atoms with Crippen LogP contribution in [-0.4, -0.2) is 18.6 Å². The summed E-state index contributed by atoms with van der Waals surface area (Å²) < 4.78 is 46.4. The second kappa shape index (κ2) is 7.53. The van der Waals surface area contributed by atoms with Crippen molar-refractivity contribution in [3.05, 3.63) is 54.3 Å². The van der Waals surface area contributed by atoms with Gasteiger partial charge in [-0.15, -0.1) is 0 Å². The van der Waals surface area contributed by atoms with Crippen LogP contribution in [0.4, 0.5) is 18.9 Å². The normalized spacial score (nSPS) is 11.9. The molecule has 2 aromatic rings. The van der Waals surface area contributed by atoms with Crippen molar-refractivity contribution < 1.29 is 27.4 Å². The van der Waals surface area contributed by atoms with Crippen molar-refractivity contribution in [3.63, 3.8) is 0 Å². The maximum atomic E-state index is 12.8. The Morgan fingerprint density at radius 1 is 0.957 bits per heavy atom. The predicted octanol–water partition coefficient (Wildman–Crippen LogP) is 3.83. The predicted molar refractivity (Wildman–Crippen MR) is 78.2 cm³/mol. The van der Waals surface area contributed by atoms with Gasteiger partial charge in [-0.25, -0.2) is 4.39 Å². The molecule has 2 aromatic carbocycles. The number of anilines is 1. The number of amides is 1. The molecule has 0 heterocycles. The molecule has 0 unspecified atom stereocenters. The summed E-state index contributed by atoms with van der Waals surface area (Å²) in [4.78, 5) is 12.0. The monoisotopic (exact) mass is 325 g/mol. The summed E-state index contributed by atoms with van der Waals surface area (Å²) in [5.74, 6) is -0.485. The summed E-state index contributed by atoms with van der Waals surface area (Å²) in [6.45, 7) is -1.37. The molecule has 4 nitrogen and oxygen atoms in total. The summed E-state index contributed by atoms with van der Waals surface area (Å²) in [6.07, 6.45) is -0.822. The molecule has 0 fully saturated rings. The lowest BCUT2D eigenvalue weighted by Gasteiger charge is -2.15. The first-order valence-corrected chi connectivity index (χ1v) is 6.72. The summed E-state index contributed by atoms with van der Waals surface area (Å²) in [6, 6.07) is 10.8. The van der Waals surface area contributed by atoms with E-state index >= 15 is 0 Å². The van der Waals surface area contributed by atoms with Crippen molar-refractivity contribution in [2.45, 2.75) is 19.6 Å². The second-order valence-electron chi connectivity index (χ2n) is 4.61. The van der Waals surface area contributed by atoms with Gasteiger partial charge in [0.1, 0.15) is 17.3 Å². The highest BCUT2D eigenvalue weighted by molar-refractivity contribution is 5.94. The molecule has 0 aromatic heterocycles. The average molecular weight is 325 g/mol. The number of ether oxygens (including phenoxy) is 2. The van der Waals surface area contributed by atoms with Gasteiger partial charge in [0.25, 0.3) is 5.91 Å². The van der Waals surface area contributed by atoms with Gasteiger partial charge in [-0.05, 0) is 55.5 Å². The Bertz CT molecular complexity index is 645. The highest BCUT2D eigenvalue weighted by Gasteiger charge is 2.15. The average Bonchev–Trinajstić information content (AvgIpc) is 2.51. The zero-order chi connectivity index (χ0) is 16.8. The van der Waals surface area contributed by atoms with E-state index in [9.17, 15) is 18.0 Å². The van der Waals surface area contributed by atoms with Crippen LogP contribution in [0.5, 0.6) is 11.5 Å². The molecule has 23 heavy (non-hydrogen) atoms. The van der Waals surface area contributed by atoms with Gasteiger partial charge in [-0.3, -0.25) is 4.79 Å². The molecule has 122 valence electrons. The molecular weight excluding hydrogens is 311 g/mol. The molecule has 0 aliphatic carbocycles. The number of hydrogen-bond donors (Lipinski definition) is 1. The van der Waals surface area contributed by atoms with Crippen LogP contribution in [-0.2, 0) is 4.79 Å². The smallest absolute Gasteiger partial charge is 0.387 e. The van der Waals surface area contributed by atoms with Crippen LogP contribution in [0, 0.1) is 5.82 Å². The number of carbonyl (C=O) groups is 1. The molecule has 7 heteroatoms. The van der Waals surface area contributed by atoms with Crippen LogP contribution in [0.1, 0.15) is 6.92 Å². The van der Waals surface area contributed by atoms with Crippen LogP contribution < -0.4 is 14.8 Å².